The van der Waals surface area contributed by atoms with Crippen LogP contribution in [0, 0.1) is 6.92 Å². The van der Waals surface area contributed by atoms with Gasteiger partial charge >= 0.3 is 0 Å². The maximum absolute atomic E-state index is 6.15. The molecule has 0 saturated carbocycles. The van der Waals surface area contributed by atoms with Gasteiger partial charge in [-0.2, -0.15) is 0 Å². The first-order valence-electron chi connectivity index (χ1n) is 7.96. The van der Waals surface area contributed by atoms with E-state index in [-0.39, 0.29) is 0 Å². The van der Waals surface area contributed by atoms with Gasteiger partial charge in [-0.3, -0.25) is 0 Å². The van der Waals surface area contributed by atoms with Crippen molar-refractivity contribution in [2.45, 2.75) is 20.1 Å². The number of para-hydroxylation sites is 1. The third kappa shape index (κ3) is 4.53. The highest BCUT2D eigenvalue weighted by Crippen LogP contribution is 2.25. The lowest BCUT2D eigenvalue weighted by Crippen LogP contribution is -2.03. The normalized spacial score (nSPS) is 10.4. The Morgan fingerprint density at radius 2 is 1.67 bits per heavy atom. The topological polar surface area (TPSA) is 21.3 Å². The minimum absolute atomic E-state index is 0.542. The maximum Gasteiger partial charge on any atom is 0.124 e. The summed E-state index contributed by atoms with van der Waals surface area (Å²) in [7, 11) is 0. The summed E-state index contributed by atoms with van der Waals surface area (Å²) in [6.45, 7) is 3.28. The Morgan fingerprint density at radius 1 is 0.917 bits per heavy atom. The SMILES string of the molecule is Cc1ccc(COc2ccc(Cl)cc2CNc2ccccc2)cc1. The van der Waals surface area contributed by atoms with Gasteiger partial charge < -0.3 is 10.1 Å². The van der Waals surface area contributed by atoms with E-state index in [0.717, 1.165) is 22.6 Å². The third-order valence-corrected chi connectivity index (χ3v) is 4.03. The van der Waals surface area contributed by atoms with E-state index in [1.54, 1.807) is 0 Å². The van der Waals surface area contributed by atoms with Crippen molar-refractivity contribution in [3.8, 4) is 5.75 Å². The molecule has 3 rings (SSSR count). The molecule has 0 aromatic heterocycles. The summed E-state index contributed by atoms with van der Waals surface area (Å²) in [5.41, 5.74) is 4.51. The van der Waals surface area contributed by atoms with E-state index in [2.05, 4.69) is 36.5 Å². The van der Waals surface area contributed by atoms with Crippen molar-refractivity contribution >= 4 is 17.3 Å². The molecule has 0 fully saturated rings. The lowest BCUT2D eigenvalue weighted by molar-refractivity contribution is 0.303. The molecule has 0 amide bonds. The number of ether oxygens (including phenoxy) is 1. The van der Waals surface area contributed by atoms with Crippen molar-refractivity contribution in [3.63, 3.8) is 0 Å². The predicted molar refractivity (Wildman–Crippen MR) is 101 cm³/mol. The molecule has 0 aliphatic heterocycles. The zero-order valence-corrected chi connectivity index (χ0v) is 14.4. The minimum Gasteiger partial charge on any atom is -0.489 e. The number of hydrogen-bond acceptors (Lipinski definition) is 2. The summed E-state index contributed by atoms with van der Waals surface area (Å²) < 4.78 is 6.01. The van der Waals surface area contributed by atoms with Crippen LogP contribution in [0.2, 0.25) is 5.02 Å². The van der Waals surface area contributed by atoms with Crippen LogP contribution in [0.4, 0.5) is 5.69 Å². The third-order valence-electron chi connectivity index (χ3n) is 3.79. The van der Waals surface area contributed by atoms with Gasteiger partial charge in [0.2, 0.25) is 0 Å². The molecule has 0 aliphatic carbocycles. The van der Waals surface area contributed by atoms with Crippen LogP contribution < -0.4 is 10.1 Å². The number of hydrogen-bond donors (Lipinski definition) is 1. The van der Waals surface area contributed by atoms with Crippen molar-refractivity contribution in [2.75, 3.05) is 5.32 Å². The molecule has 0 saturated heterocycles. The van der Waals surface area contributed by atoms with Crippen LogP contribution in [0.3, 0.4) is 0 Å². The zero-order chi connectivity index (χ0) is 16.8. The maximum atomic E-state index is 6.15. The number of rotatable bonds is 6. The van der Waals surface area contributed by atoms with E-state index in [0.29, 0.717) is 18.2 Å². The van der Waals surface area contributed by atoms with E-state index >= 15 is 0 Å². The van der Waals surface area contributed by atoms with Gasteiger partial charge in [-0.15, -0.1) is 0 Å². The summed E-state index contributed by atoms with van der Waals surface area (Å²) in [5.74, 6) is 0.850. The summed E-state index contributed by atoms with van der Waals surface area (Å²) in [5, 5.41) is 4.11. The van der Waals surface area contributed by atoms with Gasteiger partial charge in [0, 0.05) is 22.8 Å². The molecule has 2 nitrogen and oxygen atoms in total. The lowest BCUT2D eigenvalue weighted by atomic mass is 10.1. The molecule has 0 atom stereocenters. The number of benzene rings is 3. The second-order valence-electron chi connectivity index (χ2n) is 5.75. The Morgan fingerprint density at radius 3 is 2.42 bits per heavy atom. The average Bonchev–Trinajstić information content (AvgIpc) is 2.61. The molecule has 0 aliphatic rings. The molecule has 0 spiro atoms. The number of halogens is 1. The van der Waals surface area contributed by atoms with E-state index < -0.39 is 0 Å². The van der Waals surface area contributed by atoms with Crippen LogP contribution in [-0.2, 0) is 13.2 Å². The zero-order valence-electron chi connectivity index (χ0n) is 13.6. The molecule has 0 radical (unpaired) electrons. The van der Waals surface area contributed by atoms with Crippen LogP contribution in [0.15, 0.2) is 72.8 Å². The number of nitrogens with one attached hydrogen (secondary N) is 1. The van der Waals surface area contributed by atoms with E-state index in [4.69, 9.17) is 16.3 Å². The molecule has 0 unspecified atom stereocenters. The van der Waals surface area contributed by atoms with Gasteiger partial charge in [-0.25, -0.2) is 0 Å². The number of aryl methyl sites for hydroxylation is 1. The molecule has 3 heteroatoms. The second kappa shape index (κ2) is 7.89. The molecule has 0 heterocycles. The molecule has 24 heavy (non-hydrogen) atoms. The smallest absolute Gasteiger partial charge is 0.124 e. The Labute approximate surface area is 148 Å². The summed E-state index contributed by atoms with van der Waals surface area (Å²) in [6, 6.07) is 24.2. The predicted octanol–water partition coefficient (Wildman–Crippen LogP) is 5.84. The first-order chi connectivity index (χ1) is 11.7. The van der Waals surface area contributed by atoms with Crippen molar-refractivity contribution in [3.05, 3.63) is 94.5 Å². The van der Waals surface area contributed by atoms with Gasteiger partial charge in [-0.1, -0.05) is 59.6 Å². The standard InChI is InChI=1S/C21H20ClNO/c1-16-7-9-17(10-8-16)15-24-21-12-11-19(22)13-18(21)14-23-20-5-3-2-4-6-20/h2-13,23H,14-15H2,1H3. The van der Waals surface area contributed by atoms with Crippen molar-refractivity contribution in [1.82, 2.24) is 0 Å². The van der Waals surface area contributed by atoms with Crippen LogP contribution >= 0.6 is 11.6 Å². The minimum atomic E-state index is 0.542. The number of anilines is 1. The fourth-order valence-corrected chi connectivity index (χ4v) is 2.62. The monoisotopic (exact) mass is 337 g/mol. The summed E-state index contributed by atoms with van der Waals surface area (Å²) >= 11 is 6.15. The van der Waals surface area contributed by atoms with E-state index in [1.165, 1.54) is 5.56 Å². The van der Waals surface area contributed by atoms with Gasteiger partial charge in [-0.05, 0) is 42.8 Å². The van der Waals surface area contributed by atoms with Gasteiger partial charge in [0.25, 0.3) is 0 Å². The molecule has 1 N–H and O–H groups in total. The lowest BCUT2D eigenvalue weighted by Gasteiger charge is -2.13. The fourth-order valence-electron chi connectivity index (χ4n) is 2.43. The van der Waals surface area contributed by atoms with Gasteiger partial charge in [0.1, 0.15) is 12.4 Å². The Balaban J connectivity index is 1.69. The Hall–Kier alpha value is -2.45. The largest absolute Gasteiger partial charge is 0.489 e. The van der Waals surface area contributed by atoms with Crippen LogP contribution in [0.5, 0.6) is 5.75 Å². The average molecular weight is 338 g/mol. The van der Waals surface area contributed by atoms with Gasteiger partial charge in [0.05, 0.1) is 0 Å². The van der Waals surface area contributed by atoms with E-state index in [9.17, 15) is 0 Å². The van der Waals surface area contributed by atoms with Crippen molar-refractivity contribution < 1.29 is 4.74 Å². The molecular weight excluding hydrogens is 318 g/mol. The molecule has 3 aromatic carbocycles. The van der Waals surface area contributed by atoms with E-state index in [1.807, 2.05) is 48.5 Å². The van der Waals surface area contributed by atoms with Crippen molar-refractivity contribution in [1.29, 1.82) is 0 Å². The van der Waals surface area contributed by atoms with Gasteiger partial charge in [0.15, 0.2) is 0 Å². The molecule has 3 aromatic rings. The highest BCUT2D eigenvalue weighted by molar-refractivity contribution is 6.30. The van der Waals surface area contributed by atoms with Crippen LogP contribution in [0.1, 0.15) is 16.7 Å². The summed E-state index contributed by atoms with van der Waals surface area (Å²) in [4.78, 5) is 0. The summed E-state index contributed by atoms with van der Waals surface area (Å²) in [6.07, 6.45) is 0. The Kier molecular flexibility index (Phi) is 5.39. The van der Waals surface area contributed by atoms with Crippen molar-refractivity contribution in [2.24, 2.45) is 0 Å². The Bertz CT molecular complexity index is 785. The first-order valence-corrected chi connectivity index (χ1v) is 8.34. The molecule has 122 valence electrons. The second-order valence-corrected chi connectivity index (χ2v) is 6.18. The fraction of sp³-hybridized carbons (Fsp3) is 0.143. The highest BCUT2D eigenvalue weighted by atomic mass is 35.5. The quantitative estimate of drug-likeness (QED) is 0.610. The highest BCUT2D eigenvalue weighted by Gasteiger charge is 2.06. The van der Waals surface area contributed by atoms with Crippen LogP contribution in [-0.4, -0.2) is 0 Å². The first kappa shape index (κ1) is 16.4. The molecular formula is C21H20ClNO. The molecule has 0 bridgehead atoms. The van der Waals surface area contributed by atoms with Crippen LogP contribution in [0.25, 0.3) is 0 Å².